The van der Waals surface area contributed by atoms with E-state index in [1.165, 1.54) is 12.8 Å². The Morgan fingerprint density at radius 1 is 0.841 bits per heavy atom. The number of carbonyl (C=O) groups excluding carboxylic acids is 4. The van der Waals surface area contributed by atoms with Crippen LogP contribution in [0.5, 0.6) is 0 Å². The molecule has 2 aliphatic rings. The molecule has 0 radical (unpaired) electrons. The van der Waals surface area contributed by atoms with E-state index in [4.69, 9.17) is 14.5 Å². The van der Waals surface area contributed by atoms with Crippen LogP contribution in [0, 0.1) is 5.92 Å². The van der Waals surface area contributed by atoms with E-state index in [-0.39, 0.29) is 30.6 Å². The molecule has 0 aliphatic heterocycles. The highest BCUT2D eigenvalue weighted by molar-refractivity contribution is 5.94. The van der Waals surface area contributed by atoms with E-state index in [9.17, 15) is 19.2 Å². The van der Waals surface area contributed by atoms with Crippen LogP contribution in [0.15, 0.2) is 4.99 Å². The number of rotatable bonds is 14. The highest BCUT2D eigenvalue weighted by Crippen LogP contribution is 2.21. The monoisotopic (exact) mass is 621 g/mol. The average Bonchev–Trinajstić information content (AvgIpc) is 2.95. The van der Waals surface area contributed by atoms with Crippen LogP contribution in [-0.4, -0.2) is 66.2 Å². The maximum Gasteiger partial charge on any atom is 0.408 e. The molecule has 0 unspecified atom stereocenters. The Morgan fingerprint density at radius 2 is 1.48 bits per heavy atom. The number of amidine groups is 1. The Morgan fingerprint density at radius 3 is 2.07 bits per heavy atom. The number of aliphatic imine (C=N–C) groups is 1. The van der Waals surface area contributed by atoms with Crippen molar-refractivity contribution in [2.75, 3.05) is 6.54 Å². The lowest BCUT2D eigenvalue weighted by Gasteiger charge is -2.26. The standard InChI is InChI=1S/C33H59N5O6/c1-7-8-11-20-26(37-30(41)27(21-23(2)3)38-32(42)44-33(4,5)6)29(40)34-22-28(39)43-31(35-24-16-12-9-13-17-24)36-25-18-14-10-15-19-25/h23-27H,7-22H2,1-6H3,(H,34,40)(H,35,36)(H,37,41)(H,38,42)/t26-,27+/m1/s1. The van der Waals surface area contributed by atoms with Crippen molar-refractivity contribution in [1.82, 2.24) is 21.3 Å². The molecule has 0 saturated heterocycles. The molecule has 2 saturated carbocycles. The van der Waals surface area contributed by atoms with Crippen molar-refractivity contribution < 1.29 is 28.7 Å². The summed E-state index contributed by atoms with van der Waals surface area (Å²) < 4.78 is 11.0. The van der Waals surface area contributed by atoms with E-state index in [0.29, 0.717) is 12.8 Å². The molecule has 11 nitrogen and oxygen atoms in total. The van der Waals surface area contributed by atoms with Crippen LogP contribution in [-0.2, 0) is 23.9 Å². The molecule has 0 aromatic carbocycles. The first-order valence-electron chi connectivity index (χ1n) is 17.0. The third-order valence-electron chi connectivity index (χ3n) is 7.87. The largest absolute Gasteiger partial charge is 0.444 e. The third-order valence-corrected chi connectivity index (χ3v) is 7.87. The van der Waals surface area contributed by atoms with Crippen LogP contribution in [0.3, 0.4) is 0 Å². The van der Waals surface area contributed by atoms with Gasteiger partial charge >= 0.3 is 12.1 Å². The van der Waals surface area contributed by atoms with Crippen molar-refractivity contribution in [3.05, 3.63) is 0 Å². The molecule has 11 heteroatoms. The Bertz CT molecular complexity index is 935. The summed E-state index contributed by atoms with van der Waals surface area (Å²) in [6.07, 6.45) is 13.5. The molecular formula is C33H59N5O6. The van der Waals surface area contributed by atoms with Gasteiger partial charge in [0.25, 0.3) is 6.02 Å². The Kier molecular flexibility index (Phi) is 16.6. The Hall–Kier alpha value is -2.85. The van der Waals surface area contributed by atoms with Gasteiger partial charge in [0.15, 0.2) is 0 Å². The minimum Gasteiger partial charge on any atom is -0.444 e. The van der Waals surface area contributed by atoms with Gasteiger partial charge in [-0.2, -0.15) is 0 Å². The number of hydrogen-bond acceptors (Lipinski definition) is 7. The number of unbranched alkanes of at least 4 members (excludes halogenated alkanes) is 2. The van der Waals surface area contributed by atoms with E-state index in [2.05, 4.69) is 28.2 Å². The molecule has 0 heterocycles. The Balaban J connectivity index is 2.03. The zero-order chi connectivity index (χ0) is 32.5. The van der Waals surface area contributed by atoms with E-state index in [1.54, 1.807) is 20.8 Å². The maximum atomic E-state index is 13.3. The number of carbonyl (C=O) groups is 4. The van der Waals surface area contributed by atoms with E-state index in [0.717, 1.165) is 70.6 Å². The molecule has 0 aromatic rings. The fourth-order valence-corrected chi connectivity index (χ4v) is 5.61. The smallest absolute Gasteiger partial charge is 0.408 e. The van der Waals surface area contributed by atoms with E-state index in [1.807, 2.05) is 13.8 Å². The van der Waals surface area contributed by atoms with E-state index < -0.39 is 41.6 Å². The van der Waals surface area contributed by atoms with Crippen molar-refractivity contribution in [2.24, 2.45) is 10.9 Å². The van der Waals surface area contributed by atoms with Crippen LogP contribution in [0.2, 0.25) is 0 Å². The predicted molar refractivity (Wildman–Crippen MR) is 172 cm³/mol. The fraction of sp³-hybridized carbons (Fsp3) is 0.848. The first-order valence-corrected chi connectivity index (χ1v) is 17.0. The molecule has 44 heavy (non-hydrogen) atoms. The lowest BCUT2D eigenvalue weighted by Crippen LogP contribution is -2.55. The number of nitrogens with zero attached hydrogens (tertiary/aromatic N) is 1. The molecule has 0 aromatic heterocycles. The van der Waals surface area contributed by atoms with Crippen molar-refractivity contribution in [1.29, 1.82) is 0 Å². The highest BCUT2D eigenvalue weighted by atomic mass is 16.6. The normalized spacial score (nSPS) is 18.2. The third kappa shape index (κ3) is 15.7. The second-order valence-corrected chi connectivity index (χ2v) is 13.8. The van der Waals surface area contributed by atoms with Crippen LogP contribution in [0.25, 0.3) is 0 Å². The molecule has 2 rings (SSSR count). The average molecular weight is 622 g/mol. The van der Waals surface area contributed by atoms with Crippen molar-refractivity contribution in [2.45, 2.75) is 168 Å². The fourth-order valence-electron chi connectivity index (χ4n) is 5.61. The topological polar surface area (TPSA) is 147 Å². The van der Waals surface area contributed by atoms with Crippen LogP contribution in [0.1, 0.15) is 138 Å². The van der Waals surface area contributed by atoms with E-state index >= 15 is 0 Å². The van der Waals surface area contributed by atoms with Gasteiger partial charge in [-0.3, -0.25) is 9.59 Å². The summed E-state index contributed by atoms with van der Waals surface area (Å²) in [5.41, 5.74) is -0.715. The summed E-state index contributed by atoms with van der Waals surface area (Å²) in [5.74, 6) is -1.45. The molecular weight excluding hydrogens is 562 g/mol. The van der Waals surface area contributed by atoms with Crippen molar-refractivity contribution in [3.8, 4) is 0 Å². The zero-order valence-electron chi connectivity index (χ0n) is 28.1. The summed E-state index contributed by atoms with van der Waals surface area (Å²) in [6.45, 7) is 10.9. The van der Waals surface area contributed by atoms with Gasteiger partial charge in [0.05, 0.1) is 6.04 Å². The first-order chi connectivity index (χ1) is 20.9. The predicted octanol–water partition coefficient (Wildman–Crippen LogP) is 5.26. The van der Waals surface area contributed by atoms with Crippen LogP contribution < -0.4 is 21.3 Å². The van der Waals surface area contributed by atoms with Gasteiger partial charge in [-0.05, 0) is 65.2 Å². The van der Waals surface area contributed by atoms with Crippen LogP contribution >= 0.6 is 0 Å². The summed E-state index contributed by atoms with van der Waals surface area (Å²) >= 11 is 0. The summed E-state index contributed by atoms with van der Waals surface area (Å²) in [4.78, 5) is 56.7. The number of ether oxygens (including phenoxy) is 2. The van der Waals surface area contributed by atoms with Crippen molar-refractivity contribution in [3.63, 3.8) is 0 Å². The molecule has 0 bridgehead atoms. The summed E-state index contributed by atoms with van der Waals surface area (Å²) in [5, 5.41) is 11.5. The molecule has 2 fully saturated rings. The minimum absolute atomic E-state index is 0.106. The van der Waals surface area contributed by atoms with Gasteiger partial charge in [0, 0.05) is 6.04 Å². The zero-order valence-corrected chi connectivity index (χ0v) is 28.1. The summed E-state index contributed by atoms with van der Waals surface area (Å²) in [7, 11) is 0. The quantitative estimate of drug-likeness (QED) is 0.0895. The van der Waals surface area contributed by atoms with Gasteiger partial charge < -0.3 is 30.7 Å². The molecule has 0 spiro atoms. The molecule has 4 N–H and O–H groups in total. The molecule has 2 aliphatic carbocycles. The number of alkyl carbamates (subject to hydrolysis) is 1. The number of nitrogens with one attached hydrogen (secondary N) is 4. The van der Waals surface area contributed by atoms with Gasteiger partial charge in [0.1, 0.15) is 24.2 Å². The minimum atomic E-state index is -0.874. The van der Waals surface area contributed by atoms with Gasteiger partial charge in [-0.25, -0.2) is 14.6 Å². The van der Waals surface area contributed by atoms with Gasteiger partial charge in [-0.15, -0.1) is 0 Å². The van der Waals surface area contributed by atoms with Gasteiger partial charge in [-0.1, -0.05) is 78.6 Å². The Labute approximate surface area is 264 Å². The SMILES string of the molecule is CCCCC[C@@H](NC(=O)[C@H](CC(C)C)NC(=O)OC(C)(C)C)C(=O)NCC(=O)OC(=NC1CCCCC1)NC1CCCCC1. The molecule has 252 valence electrons. The lowest BCUT2D eigenvalue weighted by atomic mass is 9.95. The molecule has 3 amide bonds. The number of esters is 1. The maximum absolute atomic E-state index is 13.3. The number of amides is 3. The second-order valence-electron chi connectivity index (χ2n) is 13.8. The van der Waals surface area contributed by atoms with Crippen LogP contribution in [0.4, 0.5) is 4.79 Å². The molecule has 2 atom stereocenters. The van der Waals surface area contributed by atoms with Crippen molar-refractivity contribution >= 4 is 29.9 Å². The number of hydrogen-bond donors (Lipinski definition) is 4. The second kappa shape index (κ2) is 19.5. The highest BCUT2D eigenvalue weighted by Gasteiger charge is 2.29. The summed E-state index contributed by atoms with van der Waals surface area (Å²) in [6, 6.07) is -1.14. The first kappa shape index (κ1) is 37.3. The van der Waals surface area contributed by atoms with Gasteiger partial charge in [0.2, 0.25) is 11.8 Å². The lowest BCUT2D eigenvalue weighted by molar-refractivity contribution is -0.137.